The lowest BCUT2D eigenvalue weighted by molar-refractivity contribution is -0.137. The molecule has 2 N–H and O–H groups in total. The van der Waals surface area contributed by atoms with E-state index in [9.17, 15) is 22.4 Å². The highest BCUT2D eigenvalue weighted by Crippen LogP contribution is 2.30. The maximum Gasteiger partial charge on any atom is 0.416 e. The van der Waals surface area contributed by atoms with E-state index in [1.54, 1.807) is 12.1 Å². The van der Waals surface area contributed by atoms with Crippen LogP contribution in [0.2, 0.25) is 0 Å². The van der Waals surface area contributed by atoms with Gasteiger partial charge in [0.15, 0.2) is 0 Å². The van der Waals surface area contributed by atoms with Crippen molar-refractivity contribution in [3.63, 3.8) is 0 Å². The standard InChI is InChI=1S/C18H18F4N2O/c1-17(2,12-6-8-14(19)9-7-12)11-23-16(25)24-15-5-3-4-13(10-15)18(20,21)22/h3-10H,11H2,1-2H3,(H2,23,24,25). The predicted octanol–water partition coefficient (Wildman–Crippen LogP) is 4.94. The molecule has 0 saturated carbocycles. The summed E-state index contributed by atoms with van der Waals surface area (Å²) >= 11 is 0. The molecule has 2 aromatic carbocycles. The van der Waals surface area contributed by atoms with Crippen LogP contribution in [0.3, 0.4) is 0 Å². The van der Waals surface area contributed by atoms with Crippen molar-refractivity contribution in [3.8, 4) is 0 Å². The Morgan fingerprint density at radius 1 is 1.00 bits per heavy atom. The lowest BCUT2D eigenvalue weighted by Gasteiger charge is -2.25. The van der Waals surface area contributed by atoms with Crippen LogP contribution in [0.4, 0.5) is 28.0 Å². The van der Waals surface area contributed by atoms with Crippen molar-refractivity contribution < 1.29 is 22.4 Å². The highest BCUT2D eigenvalue weighted by Gasteiger charge is 2.30. The summed E-state index contributed by atoms with van der Waals surface area (Å²) in [6.45, 7) is 3.96. The molecule has 0 aliphatic heterocycles. The van der Waals surface area contributed by atoms with E-state index in [4.69, 9.17) is 0 Å². The van der Waals surface area contributed by atoms with Gasteiger partial charge in [0.05, 0.1) is 5.56 Å². The molecule has 0 aromatic heterocycles. The lowest BCUT2D eigenvalue weighted by Crippen LogP contribution is -2.39. The molecule has 2 amide bonds. The third-order valence-corrected chi connectivity index (χ3v) is 3.76. The summed E-state index contributed by atoms with van der Waals surface area (Å²) in [6, 6.07) is 9.70. The second-order valence-electron chi connectivity index (χ2n) is 6.28. The van der Waals surface area contributed by atoms with Gasteiger partial charge in [-0.05, 0) is 35.9 Å². The Hall–Kier alpha value is -2.57. The highest BCUT2D eigenvalue weighted by atomic mass is 19.4. The quantitative estimate of drug-likeness (QED) is 0.750. The van der Waals surface area contributed by atoms with E-state index in [0.717, 1.165) is 17.7 Å². The number of anilines is 1. The summed E-state index contributed by atoms with van der Waals surface area (Å²) in [6.07, 6.45) is -4.47. The van der Waals surface area contributed by atoms with E-state index in [2.05, 4.69) is 10.6 Å². The molecule has 0 spiro atoms. The molecule has 0 aliphatic rings. The number of nitrogens with one attached hydrogen (secondary N) is 2. The Balaban J connectivity index is 1.97. The van der Waals surface area contributed by atoms with Gasteiger partial charge >= 0.3 is 12.2 Å². The average molecular weight is 354 g/mol. The fourth-order valence-electron chi connectivity index (χ4n) is 2.25. The minimum atomic E-state index is -4.47. The molecule has 0 unspecified atom stereocenters. The average Bonchev–Trinajstić information content (AvgIpc) is 2.53. The fourth-order valence-corrected chi connectivity index (χ4v) is 2.25. The predicted molar refractivity (Wildman–Crippen MR) is 87.9 cm³/mol. The van der Waals surface area contributed by atoms with Crippen molar-refractivity contribution in [2.24, 2.45) is 0 Å². The molecule has 0 bridgehead atoms. The summed E-state index contributed by atoms with van der Waals surface area (Å²) in [7, 11) is 0. The van der Waals surface area contributed by atoms with Crippen LogP contribution in [0, 0.1) is 5.82 Å². The SMILES string of the molecule is CC(C)(CNC(=O)Nc1cccc(C(F)(F)F)c1)c1ccc(F)cc1. The Morgan fingerprint density at radius 2 is 1.64 bits per heavy atom. The molecule has 134 valence electrons. The Labute approximate surface area is 143 Å². The highest BCUT2D eigenvalue weighted by molar-refractivity contribution is 5.89. The first kappa shape index (κ1) is 18.8. The Kier molecular flexibility index (Phi) is 5.35. The molecule has 0 fully saturated rings. The van der Waals surface area contributed by atoms with Gasteiger partial charge in [0.2, 0.25) is 0 Å². The zero-order valence-electron chi connectivity index (χ0n) is 13.7. The van der Waals surface area contributed by atoms with Crippen molar-refractivity contribution in [1.82, 2.24) is 5.32 Å². The topological polar surface area (TPSA) is 41.1 Å². The zero-order chi connectivity index (χ0) is 18.7. The number of hydrogen-bond donors (Lipinski definition) is 2. The number of urea groups is 1. The van der Waals surface area contributed by atoms with Gasteiger partial charge in [-0.3, -0.25) is 0 Å². The van der Waals surface area contributed by atoms with Crippen LogP contribution in [-0.4, -0.2) is 12.6 Å². The van der Waals surface area contributed by atoms with Crippen LogP contribution < -0.4 is 10.6 Å². The van der Waals surface area contributed by atoms with Crippen LogP contribution in [0.5, 0.6) is 0 Å². The largest absolute Gasteiger partial charge is 0.416 e. The normalized spacial score (nSPS) is 11.9. The summed E-state index contributed by atoms with van der Waals surface area (Å²) < 4.78 is 51.0. The molecule has 25 heavy (non-hydrogen) atoms. The number of halogens is 4. The summed E-state index contributed by atoms with van der Waals surface area (Å²) in [5.74, 6) is -0.352. The first-order chi connectivity index (χ1) is 11.6. The molecule has 2 aromatic rings. The molecule has 0 saturated heterocycles. The van der Waals surface area contributed by atoms with Crippen molar-refractivity contribution in [3.05, 3.63) is 65.5 Å². The molecule has 3 nitrogen and oxygen atoms in total. The molecular weight excluding hydrogens is 336 g/mol. The van der Waals surface area contributed by atoms with E-state index >= 15 is 0 Å². The van der Waals surface area contributed by atoms with Gasteiger partial charge in [-0.15, -0.1) is 0 Å². The molecular formula is C18H18F4N2O. The number of amides is 2. The minimum absolute atomic E-state index is 0.0481. The smallest absolute Gasteiger partial charge is 0.337 e. The summed E-state index contributed by atoms with van der Waals surface area (Å²) in [4.78, 5) is 11.9. The van der Waals surface area contributed by atoms with Crippen molar-refractivity contribution in [2.75, 3.05) is 11.9 Å². The molecule has 2 rings (SSSR count). The van der Waals surface area contributed by atoms with E-state index < -0.39 is 23.2 Å². The lowest BCUT2D eigenvalue weighted by atomic mass is 9.84. The second-order valence-corrected chi connectivity index (χ2v) is 6.28. The summed E-state index contributed by atoms with van der Waals surface area (Å²) in [5.41, 5.74) is -0.434. The second kappa shape index (κ2) is 7.13. The monoisotopic (exact) mass is 354 g/mol. The first-order valence-corrected chi connectivity index (χ1v) is 7.56. The van der Waals surface area contributed by atoms with Crippen LogP contribution in [0.25, 0.3) is 0 Å². The van der Waals surface area contributed by atoms with E-state index in [1.807, 2.05) is 13.8 Å². The maximum absolute atomic E-state index is 13.0. The van der Waals surface area contributed by atoms with Gasteiger partial charge < -0.3 is 10.6 Å². The van der Waals surface area contributed by atoms with E-state index in [1.165, 1.54) is 24.3 Å². The third kappa shape index (κ3) is 5.20. The third-order valence-electron chi connectivity index (χ3n) is 3.76. The van der Waals surface area contributed by atoms with Crippen LogP contribution in [-0.2, 0) is 11.6 Å². The fraction of sp³-hybridized carbons (Fsp3) is 0.278. The Morgan fingerprint density at radius 3 is 2.24 bits per heavy atom. The van der Waals surface area contributed by atoms with Gasteiger partial charge in [0, 0.05) is 17.6 Å². The zero-order valence-corrected chi connectivity index (χ0v) is 13.7. The van der Waals surface area contributed by atoms with E-state index in [0.29, 0.717) is 0 Å². The van der Waals surface area contributed by atoms with Crippen LogP contribution in [0.1, 0.15) is 25.0 Å². The van der Waals surface area contributed by atoms with E-state index in [-0.39, 0.29) is 18.0 Å². The molecule has 0 aliphatic carbocycles. The van der Waals surface area contributed by atoms with Gasteiger partial charge in [0.1, 0.15) is 5.82 Å². The first-order valence-electron chi connectivity index (χ1n) is 7.56. The van der Waals surface area contributed by atoms with Gasteiger partial charge in [-0.25, -0.2) is 9.18 Å². The number of carbonyl (C=O) groups excluding carboxylic acids is 1. The number of rotatable bonds is 4. The van der Waals surface area contributed by atoms with Gasteiger partial charge in [0.25, 0.3) is 0 Å². The molecule has 7 heteroatoms. The van der Waals surface area contributed by atoms with Gasteiger partial charge in [-0.1, -0.05) is 32.0 Å². The maximum atomic E-state index is 13.0. The van der Waals surface area contributed by atoms with Crippen LogP contribution >= 0.6 is 0 Å². The van der Waals surface area contributed by atoms with Crippen LogP contribution in [0.15, 0.2) is 48.5 Å². The number of hydrogen-bond acceptors (Lipinski definition) is 1. The minimum Gasteiger partial charge on any atom is -0.337 e. The van der Waals surface area contributed by atoms with Crippen molar-refractivity contribution in [1.29, 1.82) is 0 Å². The molecule has 0 atom stereocenters. The van der Waals surface area contributed by atoms with Crippen molar-refractivity contribution >= 4 is 11.7 Å². The molecule has 0 radical (unpaired) electrons. The molecule has 0 heterocycles. The summed E-state index contributed by atoms with van der Waals surface area (Å²) in [5, 5.41) is 5.00. The van der Waals surface area contributed by atoms with Gasteiger partial charge in [-0.2, -0.15) is 13.2 Å². The van der Waals surface area contributed by atoms with Crippen molar-refractivity contribution in [2.45, 2.75) is 25.4 Å². The Bertz CT molecular complexity index is 739. The number of alkyl halides is 3. The number of carbonyl (C=O) groups is 1. The number of benzene rings is 2.